The third-order valence-corrected chi connectivity index (χ3v) is 4.06. The number of allylic oxidation sites excluding steroid dienone is 1. The fraction of sp³-hybridized carbons (Fsp3) is 0.905. The van der Waals surface area contributed by atoms with E-state index < -0.39 is 0 Å². The number of hydrogen-bond acceptors (Lipinski definition) is 6. The summed E-state index contributed by atoms with van der Waals surface area (Å²) in [6.45, 7) is 15.4. The molecular weight excluding hydrogens is 342 g/mol. The van der Waals surface area contributed by atoms with Crippen molar-refractivity contribution < 1.29 is 14.2 Å². The minimum absolute atomic E-state index is 0.319. The molecule has 0 fully saturated rings. The minimum atomic E-state index is 0.319. The van der Waals surface area contributed by atoms with Gasteiger partial charge in [-0.3, -0.25) is 0 Å². The molecule has 0 atom stereocenters. The van der Waals surface area contributed by atoms with Gasteiger partial charge in [-0.1, -0.05) is 47.5 Å². The zero-order chi connectivity index (χ0) is 20.5. The predicted molar refractivity (Wildman–Crippen MR) is 113 cm³/mol. The molecule has 6 nitrogen and oxygen atoms in total. The molecule has 27 heavy (non-hydrogen) atoms. The first-order valence-corrected chi connectivity index (χ1v) is 10.4. The normalized spacial score (nSPS) is 12.8. The lowest BCUT2D eigenvalue weighted by atomic mass is 9.93. The molecule has 0 amide bonds. The summed E-state index contributed by atoms with van der Waals surface area (Å²) in [6.07, 6.45) is 7.34. The van der Waals surface area contributed by atoms with Crippen molar-refractivity contribution in [2.75, 3.05) is 46.2 Å². The molecule has 0 saturated heterocycles. The summed E-state index contributed by atoms with van der Waals surface area (Å²) in [7, 11) is 0. The van der Waals surface area contributed by atoms with Crippen LogP contribution in [0.5, 0.6) is 0 Å². The Hall–Kier alpha value is -0.820. The van der Waals surface area contributed by atoms with Crippen LogP contribution in [0.1, 0.15) is 66.7 Å². The number of rotatable bonds is 17. The fourth-order valence-electron chi connectivity index (χ4n) is 2.31. The largest absolute Gasteiger partial charge is 0.401 e. The van der Waals surface area contributed by atoms with Crippen molar-refractivity contribution in [3.05, 3.63) is 11.9 Å². The van der Waals surface area contributed by atoms with Gasteiger partial charge >= 0.3 is 0 Å². The first-order chi connectivity index (χ1) is 12.7. The topological polar surface area (TPSA) is 83.0 Å². The Bertz CT molecular complexity index is 368. The van der Waals surface area contributed by atoms with E-state index in [1.165, 1.54) is 12.8 Å². The Morgan fingerprint density at radius 3 is 2.04 bits per heavy atom. The van der Waals surface area contributed by atoms with Gasteiger partial charge in [0, 0.05) is 18.5 Å². The van der Waals surface area contributed by atoms with Crippen LogP contribution in [0.15, 0.2) is 11.9 Å². The van der Waals surface area contributed by atoms with Crippen molar-refractivity contribution in [2.45, 2.75) is 66.7 Å². The number of nitrogens with zero attached hydrogens (tertiary/aromatic N) is 1. The second kappa shape index (κ2) is 16.2. The van der Waals surface area contributed by atoms with Gasteiger partial charge in [-0.15, -0.1) is 0 Å². The smallest absolute Gasteiger partial charge is 0.0701 e. The van der Waals surface area contributed by atoms with Crippen LogP contribution in [-0.2, 0) is 14.2 Å². The number of hydrazine groups is 1. The van der Waals surface area contributed by atoms with Gasteiger partial charge in [-0.2, -0.15) is 0 Å². The van der Waals surface area contributed by atoms with Gasteiger partial charge in [-0.05, 0) is 30.6 Å². The van der Waals surface area contributed by atoms with E-state index in [2.05, 4.69) is 34.6 Å². The van der Waals surface area contributed by atoms with E-state index in [-0.39, 0.29) is 0 Å². The molecule has 0 aliphatic rings. The predicted octanol–water partition coefficient (Wildman–Crippen LogP) is 3.66. The van der Waals surface area contributed by atoms with E-state index in [1.54, 1.807) is 5.01 Å². The van der Waals surface area contributed by atoms with Gasteiger partial charge in [-0.25, -0.2) is 5.84 Å². The Morgan fingerprint density at radius 1 is 0.926 bits per heavy atom. The first-order valence-electron chi connectivity index (χ1n) is 10.4. The first kappa shape index (κ1) is 26.2. The average molecular weight is 388 g/mol. The van der Waals surface area contributed by atoms with Crippen LogP contribution in [-0.4, -0.2) is 51.2 Å². The summed E-state index contributed by atoms with van der Waals surface area (Å²) < 4.78 is 16.6. The zero-order valence-corrected chi connectivity index (χ0v) is 18.5. The Balaban J connectivity index is 3.44. The molecule has 0 aliphatic heterocycles. The maximum atomic E-state index is 6.00. The van der Waals surface area contributed by atoms with Crippen LogP contribution < -0.4 is 11.6 Å². The van der Waals surface area contributed by atoms with E-state index in [0.717, 1.165) is 37.5 Å². The van der Waals surface area contributed by atoms with Gasteiger partial charge < -0.3 is 25.0 Å². The van der Waals surface area contributed by atoms with E-state index in [1.807, 2.05) is 6.20 Å². The number of unbranched alkanes of at least 4 members (excludes halogenated alkanes) is 1. The molecule has 0 heterocycles. The van der Waals surface area contributed by atoms with Crippen LogP contribution in [0.4, 0.5) is 0 Å². The molecule has 0 unspecified atom stereocenters. The van der Waals surface area contributed by atoms with E-state index in [4.69, 9.17) is 25.8 Å². The summed E-state index contributed by atoms with van der Waals surface area (Å²) in [5, 5.41) is 1.60. The molecule has 0 aromatic heterocycles. The van der Waals surface area contributed by atoms with Crippen LogP contribution in [0.2, 0.25) is 0 Å². The molecule has 0 aromatic carbocycles. The van der Waals surface area contributed by atoms with Crippen LogP contribution in [0.25, 0.3) is 0 Å². The van der Waals surface area contributed by atoms with Gasteiger partial charge in [0.25, 0.3) is 0 Å². The molecule has 162 valence electrons. The highest BCUT2D eigenvalue weighted by Gasteiger charge is 2.08. The summed E-state index contributed by atoms with van der Waals surface area (Å²) >= 11 is 0. The molecule has 0 spiro atoms. The molecule has 6 heteroatoms. The van der Waals surface area contributed by atoms with Crippen molar-refractivity contribution in [3.8, 4) is 0 Å². The third kappa shape index (κ3) is 21.3. The number of nitrogens with two attached hydrogens (primary N) is 2. The maximum Gasteiger partial charge on any atom is 0.0701 e. The monoisotopic (exact) mass is 387 g/mol. The van der Waals surface area contributed by atoms with Crippen molar-refractivity contribution in [3.63, 3.8) is 0 Å². The minimum Gasteiger partial charge on any atom is -0.401 e. The SMILES string of the molecule is CC(C)CCCC/C(N)=C/N(N)CCOCCOCCOCCC(C)(C)C. The summed E-state index contributed by atoms with van der Waals surface area (Å²) in [5.74, 6) is 6.67. The van der Waals surface area contributed by atoms with Crippen molar-refractivity contribution in [1.82, 2.24) is 5.01 Å². The van der Waals surface area contributed by atoms with Gasteiger partial charge in [0.05, 0.1) is 39.6 Å². The Kier molecular flexibility index (Phi) is 15.7. The highest BCUT2D eigenvalue weighted by atomic mass is 16.5. The van der Waals surface area contributed by atoms with E-state index >= 15 is 0 Å². The van der Waals surface area contributed by atoms with Crippen LogP contribution in [0, 0.1) is 11.3 Å². The Labute approximate surface area is 167 Å². The Morgan fingerprint density at radius 2 is 1.48 bits per heavy atom. The van der Waals surface area contributed by atoms with E-state index in [0.29, 0.717) is 45.0 Å². The van der Waals surface area contributed by atoms with Crippen molar-refractivity contribution in [1.29, 1.82) is 0 Å². The molecule has 0 aromatic rings. The number of ether oxygens (including phenoxy) is 3. The van der Waals surface area contributed by atoms with Gasteiger partial charge in [0.15, 0.2) is 0 Å². The lowest BCUT2D eigenvalue weighted by Crippen LogP contribution is -2.30. The van der Waals surface area contributed by atoms with E-state index in [9.17, 15) is 0 Å². The van der Waals surface area contributed by atoms with Gasteiger partial charge in [0.2, 0.25) is 0 Å². The maximum absolute atomic E-state index is 6.00. The highest BCUT2D eigenvalue weighted by Crippen LogP contribution is 2.17. The standard InChI is InChI=1S/C21H45N3O3/c1-19(2)8-6-7-9-20(22)18-24(23)11-13-26-15-17-27-16-14-25-12-10-21(3,4)5/h18-19H,6-17,22-23H2,1-5H3/b20-18-. The second-order valence-corrected chi connectivity index (χ2v) is 8.73. The number of hydrogen-bond donors (Lipinski definition) is 2. The molecule has 0 saturated carbocycles. The van der Waals surface area contributed by atoms with Crippen LogP contribution >= 0.6 is 0 Å². The highest BCUT2D eigenvalue weighted by molar-refractivity contribution is 4.94. The molecular formula is C21H45N3O3. The molecule has 0 bridgehead atoms. The molecule has 0 rings (SSSR count). The summed E-state index contributed by atoms with van der Waals surface area (Å²) in [5.41, 5.74) is 7.15. The van der Waals surface area contributed by atoms with Crippen LogP contribution in [0.3, 0.4) is 0 Å². The summed E-state index contributed by atoms with van der Waals surface area (Å²) in [4.78, 5) is 0. The third-order valence-electron chi connectivity index (χ3n) is 4.06. The van der Waals surface area contributed by atoms with Crippen molar-refractivity contribution in [2.24, 2.45) is 22.9 Å². The average Bonchev–Trinajstić information content (AvgIpc) is 2.55. The summed E-state index contributed by atoms with van der Waals surface area (Å²) in [6, 6.07) is 0. The zero-order valence-electron chi connectivity index (χ0n) is 18.5. The molecule has 4 N–H and O–H groups in total. The second-order valence-electron chi connectivity index (χ2n) is 8.73. The van der Waals surface area contributed by atoms with Gasteiger partial charge in [0.1, 0.15) is 0 Å². The fourth-order valence-corrected chi connectivity index (χ4v) is 2.31. The lowest BCUT2D eigenvalue weighted by Gasteiger charge is -2.17. The molecule has 0 radical (unpaired) electrons. The molecule has 0 aliphatic carbocycles. The quantitative estimate of drug-likeness (QED) is 0.225. The lowest BCUT2D eigenvalue weighted by molar-refractivity contribution is 0.00838. The van der Waals surface area contributed by atoms with Crippen molar-refractivity contribution >= 4 is 0 Å².